The summed E-state index contributed by atoms with van der Waals surface area (Å²) in [5.74, 6) is 0.427. The molecule has 2 atom stereocenters. The number of anilines is 1. The van der Waals surface area contributed by atoms with Gasteiger partial charge in [-0.2, -0.15) is 9.97 Å². The van der Waals surface area contributed by atoms with Gasteiger partial charge < -0.3 is 20.2 Å². The van der Waals surface area contributed by atoms with Crippen LogP contribution in [0.2, 0.25) is 0 Å². The first-order valence-corrected chi connectivity index (χ1v) is 10.4. The summed E-state index contributed by atoms with van der Waals surface area (Å²) in [7, 11) is 0. The molecule has 2 aromatic heterocycles. The molecule has 0 amide bonds. The van der Waals surface area contributed by atoms with E-state index in [1.54, 1.807) is 0 Å². The quantitative estimate of drug-likeness (QED) is 0.572. The van der Waals surface area contributed by atoms with Gasteiger partial charge in [0.2, 0.25) is 0 Å². The van der Waals surface area contributed by atoms with E-state index in [2.05, 4.69) is 51.0 Å². The molecule has 29 heavy (non-hydrogen) atoms. The number of rotatable bonds is 8. The zero-order chi connectivity index (χ0) is 19.8. The number of nitrogens with one attached hydrogen (secondary N) is 1. The lowest BCUT2D eigenvalue weighted by atomic mass is 9.94. The number of aromatic nitrogens is 3. The second-order valence-corrected chi connectivity index (χ2v) is 7.99. The summed E-state index contributed by atoms with van der Waals surface area (Å²) in [6.07, 6.45) is 5.28. The Balaban J connectivity index is 1.29. The lowest BCUT2D eigenvalue weighted by molar-refractivity contribution is -0.217. The Bertz CT molecular complexity index is 1000. The molecule has 0 saturated carbocycles. The highest BCUT2D eigenvalue weighted by Gasteiger charge is 2.46. The molecule has 2 fully saturated rings. The molecule has 4 heterocycles. The zero-order valence-corrected chi connectivity index (χ0v) is 16.7. The van der Waals surface area contributed by atoms with Crippen LogP contribution in [0.3, 0.4) is 0 Å². The van der Waals surface area contributed by atoms with Crippen molar-refractivity contribution < 1.29 is 9.47 Å². The van der Waals surface area contributed by atoms with Crippen molar-refractivity contribution >= 4 is 16.9 Å². The number of nitrogen functional groups attached to an aromatic ring is 1. The summed E-state index contributed by atoms with van der Waals surface area (Å²) in [6.45, 7) is 5.68. The van der Waals surface area contributed by atoms with Crippen LogP contribution < -0.4 is 10.5 Å². The van der Waals surface area contributed by atoms with Gasteiger partial charge in [0.25, 0.3) is 0 Å². The minimum atomic E-state index is 0.354. The molecule has 0 radical (unpaired) electrons. The summed E-state index contributed by atoms with van der Waals surface area (Å²) in [6, 6.07) is 9.84. The molecule has 2 aliphatic rings. The van der Waals surface area contributed by atoms with E-state index in [0.29, 0.717) is 30.6 Å². The highest BCUT2D eigenvalue weighted by Crippen LogP contribution is 2.31. The van der Waals surface area contributed by atoms with Crippen LogP contribution in [0.25, 0.3) is 11.0 Å². The van der Waals surface area contributed by atoms with E-state index < -0.39 is 0 Å². The summed E-state index contributed by atoms with van der Waals surface area (Å²) < 4.78 is 11.2. The third-order valence-corrected chi connectivity index (χ3v) is 5.94. The van der Waals surface area contributed by atoms with Gasteiger partial charge in [-0.3, -0.25) is 4.90 Å². The van der Waals surface area contributed by atoms with Gasteiger partial charge in [-0.1, -0.05) is 37.6 Å². The lowest BCUT2D eigenvalue weighted by Gasteiger charge is -2.55. The second kappa shape index (κ2) is 7.65. The van der Waals surface area contributed by atoms with E-state index in [1.807, 2.05) is 6.20 Å². The number of hydrogen-bond acceptors (Lipinski definition) is 6. The smallest absolute Gasteiger partial charge is 0.319 e. The topological polar surface area (TPSA) is 89.3 Å². The number of nitrogens with zero attached hydrogens (tertiary/aromatic N) is 3. The van der Waals surface area contributed by atoms with Gasteiger partial charge in [0.15, 0.2) is 5.82 Å². The van der Waals surface area contributed by atoms with E-state index >= 15 is 0 Å². The molecule has 2 aliphatic heterocycles. The van der Waals surface area contributed by atoms with Crippen molar-refractivity contribution in [3.05, 3.63) is 47.2 Å². The Morgan fingerprint density at radius 2 is 2.07 bits per heavy atom. The Morgan fingerprint density at radius 3 is 2.76 bits per heavy atom. The van der Waals surface area contributed by atoms with Gasteiger partial charge in [0.05, 0.1) is 25.4 Å². The molecule has 152 valence electrons. The molecule has 3 aromatic rings. The van der Waals surface area contributed by atoms with Crippen LogP contribution in [-0.4, -0.2) is 51.8 Å². The molecular weight excluding hydrogens is 366 g/mol. The third-order valence-electron chi connectivity index (χ3n) is 5.94. The van der Waals surface area contributed by atoms with Crippen LogP contribution in [0.5, 0.6) is 6.01 Å². The van der Waals surface area contributed by atoms with Crippen molar-refractivity contribution in [3.8, 4) is 6.01 Å². The SMILES string of the molecule is CCCCOc1nc(N)c2[nH]cc(Cc3ccc(CN4CC5OC[C@H]54)cc3)c2n1. The van der Waals surface area contributed by atoms with Crippen LogP contribution in [0, 0.1) is 0 Å². The Morgan fingerprint density at radius 1 is 1.24 bits per heavy atom. The average Bonchev–Trinajstić information content (AvgIpc) is 3.10. The highest BCUT2D eigenvalue weighted by molar-refractivity contribution is 5.87. The number of aromatic amines is 1. The van der Waals surface area contributed by atoms with Crippen LogP contribution in [0.4, 0.5) is 5.82 Å². The van der Waals surface area contributed by atoms with Crippen LogP contribution in [-0.2, 0) is 17.7 Å². The molecule has 3 N–H and O–H groups in total. The van der Waals surface area contributed by atoms with Crippen LogP contribution in [0.1, 0.15) is 36.5 Å². The van der Waals surface area contributed by atoms with Gasteiger partial charge in [-0.15, -0.1) is 0 Å². The first kappa shape index (κ1) is 18.4. The van der Waals surface area contributed by atoms with E-state index in [0.717, 1.165) is 55.6 Å². The maximum atomic E-state index is 6.10. The van der Waals surface area contributed by atoms with Crippen molar-refractivity contribution in [1.29, 1.82) is 0 Å². The molecule has 5 rings (SSSR count). The number of likely N-dealkylation sites (tertiary alicyclic amines) is 1. The maximum Gasteiger partial charge on any atom is 0.319 e. The van der Waals surface area contributed by atoms with Crippen molar-refractivity contribution in [1.82, 2.24) is 19.9 Å². The molecule has 0 aliphatic carbocycles. The van der Waals surface area contributed by atoms with Gasteiger partial charge in [-0.05, 0) is 17.5 Å². The number of fused-ring (bicyclic) bond motifs is 2. The Labute approximate surface area is 170 Å². The number of morpholine rings is 1. The predicted octanol–water partition coefficient (Wildman–Crippen LogP) is 2.89. The normalized spacial score (nSPS) is 20.9. The minimum Gasteiger partial charge on any atom is -0.463 e. The average molecular weight is 393 g/mol. The summed E-state index contributed by atoms with van der Waals surface area (Å²) in [5, 5.41) is 0. The Kier molecular flexibility index (Phi) is 4.85. The number of hydrogen-bond donors (Lipinski definition) is 2. The number of ether oxygens (including phenoxy) is 2. The van der Waals surface area contributed by atoms with E-state index in [1.165, 1.54) is 11.1 Å². The minimum absolute atomic E-state index is 0.354. The molecule has 2 saturated heterocycles. The first-order chi connectivity index (χ1) is 14.2. The third kappa shape index (κ3) is 3.56. The van der Waals surface area contributed by atoms with Gasteiger partial charge in [0, 0.05) is 31.3 Å². The molecule has 1 unspecified atom stereocenters. The monoisotopic (exact) mass is 393 g/mol. The van der Waals surface area contributed by atoms with Gasteiger partial charge in [-0.25, -0.2) is 0 Å². The van der Waals surface area contributed by atoms with Crippen LogP contribution in [0.15, 0.2) is 30.5 Å². The van der Waals surface area contributed by atoms with Crippen molar-refractivity contribution in [2.45, 2.75) is 44.9 Å². The summed E-state index contributed by atoms with van der Waals surface area (Å²) in [5.41, 5.74) is 11.4. The molecule has 1 aromatic carbocycles. The summed E-state index contributed by atoms with van der Waals surface area (Å²) in [4.78, 5) is 14.6. The van der Waals surface area contributed by atoms with Crippen molar-refractivity contribution in [2.75, 3.05) is 25.5 Å². The number of nitrogens with two attached hydrogens (primary N) is 1. The lowest BCUT2D eigenvalue weighted by Crippen LogP contribution is -2.69. The fourth-order valence-electron chi connectivity index (χ4n) is 4.03. The predicted molar refractivity (Wildman–Crippen MR) is 112 cm³/mol. The fraction of sp³-hybridized carbons (Fsp3) is 0.455. The van der Waals surface area contributed by atoms with Crippen molar-refractivity contribution in [2.24, 2.45) is 0 Å². The molecule has 0 spiro atoms. The first-order valence-electron chi connectivity index (χ1n) is 10.4. The molecule has 7 nitrogen and oxygen atoms in total. The van der Waals surface area contributed by atoms with E-state index in [9.17, 15) is 0 Å². The van der Waals surface area contributed by atoms with E-state index in [4.69, 9.17) is 15.2 Å². The standard InChI is InChI=1S/C22H27N5O2/c1-2-3-8-28-22-25-19-16(10-24-20(19)21(23)26-22)9-14-4-6-15(7-5-14)11-27-12-18-17(27)13-29-18/h4-7,10,17-18,24H,2-3,8-9,11-13H2,1H3,(H2,23,25,26)/t17-,18?/m1/s1. The fourth-order valence-corrected chi connectivity index (χ4v) is 4.03. The molecule has 7 heteroatoms. The number of unbranched alkanes of at least 4 members (excludes halogenated alkanes) is 1. The zero-order valence-electron chi connectivity index (χ0n) is 16.7. The van der Waals surface area contributed by atoms with Crippen LogP contribution >= 0.6 is 0 Å². The maximum absolute atomic E-state index is 6.10. The number of H-pyrrole nitrogens is 1. The molecule has 0 bridgehead atoms. The van der Waals surface area contributed by atoms with Crippen molar-refractivity contribution in [3.63, 3.8) is 0 Å². The number of benzene rings is 1. The van der Waals surface area contributed by atoms with Gasteiger partial charge >= 0.3 is 6.01 Å². The van der Waals surface area contributed by atoms with E-state index in [-0.39, 0.29) is 0 Å². The van der Waals surface area contributed by atoms with Gasteiger partial charge in [0.1, 0.15) is 11.0 Å². The Hall–Kier alpha value is -2.64. The highest BCUT2D eigenvalue weighted by atomic mass is 16.5. The summed E-state index contributed by atoms with van der Waals surface area (Å²) >= 11 is 0. The second-order valence-electron chi connectivity index (χ2n) is 7.99. The molecular formula is C22H27N5O2. The largest absolute Gasteiger partial charge is 0.463 e.